The molecule has 0 bridgehead atoms. The number of nitrogens with zero attached hydrogens (tertiary/aromatic N) is 1. The number of hydrogen-bond donors (Lipinski definition) is 1. The average molecular weight is 403 g/mol. The number of hydrogen-bond acceptors (Lipinski definition) is 4. The van der Waals surface area contributed by atoms with Gasteiger partial charge in [0, 0.05) is 0 Å². The van der Waals surface area contributed by atoms with E-state index < -0.39 is 5.91 Å². The van der Waals surface area contributed by atoms with E-state index in [0.29, 0.717) is 23.7 Å². The molecule has 0 saturated heterocycles. The fourth-order valence-corrected chi connectivity index (χ4v) is 2.65. The second kappa shape index (κ2) is 9.67. The zero-order valence-electron chi connectivity index (χ0n) is 14.5. The van der Waals surface area contributed by atoms with Crippen LogP contribution >= 0.6 is 23.2 Å². The molecule has 5 nitrogen and oxygen atoms in total. The Morgan fingerprint density at radius 3 is 2.56 bits per heavy atom. The van der Waals surface area contributed by atoms with Gasteiger partial charge in [0.2, 0.25) is 0 Å². The van der Waals surface area contributed by atoms with E-state index in [4.69, 9.17) is 32.7 Å². The minimum absolute atomic E-state index is 0.118. The maximum Gasteiger partial charge on any atom is 0.266 e. The molecule has 0 spiro atoms. The minimum atomic E-state index is -0.626. The van der Waals surface area contributed by atoms with E-state index >= 15 is 0 Å². The standard InChI is InChI=1S/C20H16Cl2N2O3/c1-3-9-27-17-8-7-13(11-18(17)26-2)10-14(12-23)20(25)24-19-15(21)5-4-6-16(19)22/h3-8,10-11H,1,9H2,2H3,(H,24,25)/b14-10+. The Balaban J connectivity index is 2.28. The van der Waals surface area contributed by atoms with Crippen LogP contribution < -0.4 is 14.8 Å². The van der Waals surface area contributed by atoms with Gasteiger partial charge >= 0.3 is 0 Å². The van der Waals surface area contributed by atoms with E-state index in [1.54, 1.807) is 42.5 Å². The zero-order chi connectivity index (χ0) is 19.8. The molecule has 0 unspecified atom stereocenters. The van der Waals surface area contributed by atoms with Gasteiger partial charge in [0.05, 0.1) is 22.8 Å². The topological polar surface area (TPSA) is 71.3 Å². The van der Waals surface area contributed by atoms with Gasteiger partial charge in [0.15, 0.2) is 11.5 Å². The Morgan fingerprint density at radius 2 is 1.96 bits per heavy atom. The molecule has 0 aromatic heterocycles. The molecule has 0 atom stereocenters. The quantitative estimate of drug-likeness (QED) is 0.396. The number of halogens is 2. The van der Waals surface area contributed by atoms with Crippen molar-refractivity contribution in [2.24, 2.45) is 0 Å². The summed E-state index contributed by atoms with van der Waals surface area (Å²) < 4.78 is 10.8. The Labute approximate surface area is 167 Å². The van der Waals surface area contributed by atoms with Crippen molar-refractivity contribution in [1.82, 2.24) is 0 Å². The van der Waals surface area contributed by atoms with Crippen LogP contribution in [0.1, 0.15) is 5.56 Å². The number of benzene rings is 2. The minimum Gasteiger partial charge on any atom is -0.493 e. The van der Waals surface area contributed by atoms with Crippen LogP contribution in [0.2, 0.25) is 10.0 Å². The zero-order valence-corrected chi connectivity index (χ0v) is 16.0. The van der Waals surface area contributed by atoms with E-state index in [-0.39, 0.29) is 21.3 Å². The number of ether oxygens (including phenoxy) is 2. The van der Waals surface area contributed by atoms with Gasteiger partial charge in [-0.25, -0.2) is 0 Å². The molecule has 0 aliphatic carbocycles. The highest BCUT2D eigenvalue weighted by atomic mass is 35.5. The highest BCUT2D eigenvalue weighted by Crippen LogP contribution is 2.31. The highest BCUT2D eigenvalue weighted by Gasteiger charge is 2.14. The van der Waals surface area contributed by atoms with Gasteiger partial charge in [0.1, 0.15) is 18.2 Å². The first-order chi connectivity index (χ1) is 13.0. The summed E-state index contributed by atoms with van der Waals surface area (Å²) in [5.74, 6) is 0.372. The van der Waals surface area contributed by atoms with E-state index in [9.17, 15) is 10.1 Å². The Bertz CT molecular complexity index is 913. The fraction of sp³-hybridized carbons (Fsp3) is 0.100. The SMILES string of the molecule is C=CCOc1ccc(/C=C(\C#N)C(=O)Nc2c(Cl)cccc2Cl)cc1OC. The lowest BCUT2D eigenvalue weighted by atomic mass is 10.1. The van der Waals surface area contributed by atoms with Crippen LogP contribution in [0.3, 0.4) is 0 Å². The van der Waals surface area contributed by atoms with Gasteiger partial charge in [-0.05, 0) is 35.9 Å². The summed E-state index contributed by atoms with van der Waals surface area (Å²) in [5.41, 5.74) is 0.722. The van der Waals surface area contributed by atoms with Crippen molar-refractivity contribution < 1.29 is 14.3 Å². The van der Waals surface area contributed by atoms with Crippen LogP contribution in [0.25, 0.3) is 6.08 Å². The van der Waals surface area contributed by atoms with Crippen LogP contribution in [-0.2, 0) is 4.79 Å². The van der Waals surface area contributed by atoms with Crippen molar-refractivity contribution in [2.75, 3.05) is 19.0 Å². The number of anilines is 1. The third-order valence-corrected chi connectivity index (χ3v) is 4.05. The summed E-state index contributed by atoms with van der Waals surface area (Å²) in [6.07, 6.45) is 3.05. The average Bonchev–Trinajstić information content (AvgIpc) is 2.67. The Kier molecular flexibility index (Phi) is 7.30. The predicted molar refractivity (Wildman–Crippen MR) is 107 cm³/mol. The van der Waals surface area contributed by atoms with Crippen LogP contribution in [0.5, 0.6) is 11.5 Å². The number of nitrogens with one attached hydrogen (secondary N) is 1. The van der Waals surface area contributed by atoms with Crippen molar-refractivity contribution in [2.45, 2.75) is 0 Å². The van der Waals surface area contributed by atoms with Crippen LogP contribution in [0.15, 0.2) is 54.6 Å². The molecule has 1 N–H and O–H groups in total. The molecule has 138 valence electrons. The van der Waals surface area contributed by atoms with E-state index in [2.05, 4.69) is 11.9 Å². The van der Waals surface area contributed by atoms with Gasteiger partial charge in [0.25, 0.3) is 5.91 Å². The smallest absolute Gasteiger partial charge is 0.266 e. The molecule has 7 heteroatoms. The molecule has 2 aromatic carbocycles. The number of amides is 1. The summed E-state index contributed by atoms with van der Waals surface area (Å²) >= 11 is 12.1. The van der Waals surface area contributed by atoms with Crippen molar-refractivity contribution in [3.05, 3.63) is 70.2 Å². The van der Waals surface area contributed by atoms with Crippen molar-refractivity contribution >= 4 is 40.9 Å². The summed E-state index contributed by atoms with van der Waals surface area (Å²) in [6.45, 7) is 3.92. The van der Waals surface area contributed by atoms with Gasteiger partial charge < -0.3 is 14.8 Å². The van der Waals surface area contributed by atoms with Crippen LogP contribution in [0, 0.1) is 11.3 Å². The maximum absolute atomic E-state index is 12.4. The van der Waals surface area contributed by atoms with Gasteiger partial charge in [-0.3, -0.25) is 4.79 Å². The Hall–Kier alpha value is -2.94. The lowest BCUT2D eigenvalue weighted by Crippen LogP contribution is -2.14. The molecule has 0 radical (unpaired) electrons. The normalized spacial score (nSPS) is 10.7. The molecule has 1 amide bonds. The lowest BCUT2D eigenvalue weighted by Gasteiger charge is -2.10. The summed E-state index contributed by atoms with van der Waals surface area (Å²) in [6, 6.07) is 11.8. The monoisotopic (exact) mass is 402 g/mol. The molecule has 0 fully saturated rings. The molecule has 2 aromatic rings. The fourth-order valence-electron chi connectivity index (χ4n) is 2.16. The van der Waals surface area contributed by atoms with Crippen molar-refractivity contribution in [1.29, 1.82) is 5.26 Å². The van der Waals surface area contributed by atoms with Gasteiger partial charge in [-0.15, -0.1) is 0 Å². The molecule has 2 rings (SSSR count). The number of carbonyl (C=O) groups excluding carboxylic acids is 1. The number of methoxy groups -OCH3 is 1. The maximum atomic E-state index is 12.4. The van der Waals surface area contributed by atoms with Gasteiger partial charge in [-0.2, -0.15) is 5.26 Å². The third-order valence-electron chi connectivity index (χ3n) is 3.42. The second-order valence-electron chi connectivity index (χ2n) is 5.23. The van der Waals surface area contributed by atoms with E-state index in [1.807, 2.05) is 6.07 Å². The number of para-hydroxylation sites is 1. The second-order valence-corrected chi connectivity index (χ2v) is 6.04. The molecule has 0 heterocycles. The van der Waals surface area contributed by atoms with Crippen molar-refractivity contribution in [3.8, 4) is 17.6 Å². The first kappa shape index (κ1) is 20.4. The van der Waals surface area contributed by atoms with Gasteiger partial charge in [-0.1, -0.05) is 48.0 Å². The number of rotatable bonds is 7. The first-order valence-corrected chi connectivity index (χ1v) is 8.54. The molecule has 0 saturated carbocycles. The molecule has 0 aliphatic rings. The summed E-state index contributed by atoms with van der Waals surface area (Å²) in [5, 5.41) is 12.5. The van der Waals surface area contributed by atoms with Crippen LogP contribution in [-0.4, -0.2) is 19.6 Å². The molecular weight excluding hydrogens is 387 g/mol. The largest absolute Gasteiger partial charge is 0.493 e. The van der Waals surface area contributed by atoms with Crippen LogP contribution in [0.4, 0.5) is 5.69 Å². The van der Waals surface area contributed by atoms with E-state index in [1.165, 1.54) is 13.2 Å². The number of nitriles is 1. The molecule has 27 heavy (non-hydrogen) atoms. The predicted octanol–water partition coefficient (Wildman–Crippen LogP) is 5.11. The van der Waals surface area contributed by atoms with E-state index in [0.717, 1.165) is 0 Å². The first-order valence-electron chi connectivity index (χ1n) is 7.79. The highest BCUT2D eigenvalue weighted by molar-refractivity contribution is 6.40. The third kappa shape index (κ3) is 5.27. The summed E-state index contributed by atoms with van der Waals surface area (Å²) in [7, 11) is 1.50. The Morgan fingerprint density at radius 1 is 1.26 bits per heavy atom. The number of carbonyl (C=O) groups is 1. The molecule has 0 aliphatic heterocycles. The lowest BCUT2D eigenvalue weighted by molar-refractivity contribution is -0.112. The summed E-state index contributed by atoms with van der Waals surface area (Å²) in [4.78, 5) is 12.4. The van der Waals surface area contributed by atoms with Crippen molar-refractivity contribution in [3.63, 3.8) is 0 Å². The molecular formula is C20H16Cl2N2O3.